The zero-order valence-electron chi connectivity index (χ0n) is 11.1. The van der Waals surface area contributed by atoms with Crippen molar-refractivity contribution in [1.82, 2.24) is 0 Å². The van der Waals surface area contributed by atoms with Gasteiger partial charge < -0.3 is 14.4 Å². The van der Waals surface area contributed by atoms with Crippen LogP contribution in [0.2, 0.25) is 0 Å². The molecular formula is C15H22NO2+. The molecule has 0 saturated carbocycles. The van der Waals surface area contributed by atoms with Gasteiger partial charge in [-0.05, 0) is 6.92 Å². The lowest BCUT2D eigenvalue weighted by Crippen LogP contribution is -3.12. The number of rotatable bonds is 2. The molecular weight excluding hydrogens is 226 g/mol. The predicted molar refractivity (Wildman–Crippen MR) is 69.4 cm³/mol. The van der Waals surface area contributed by atoms with Crippen molar-refractivity contribution in [3.05, 3.63) is 35.4 Å². The topological polar surface area (TPSA) is 22.9 Å². The summed E-state index contributed by atoms with van der Waals surface area (Å²) in [6.45, 7) is 7.09. The highest BCUT2D eigenvalue weighted by Gasteiger charge is 2.41. The summed E-state index contributed by atoms with van der Waals surface area (Å²) in [6, 6.07) is 8.89. The van der Waals surface area contributed by atoms with E-state index in [1.54, 1.807) is 4.90 Å². The van der Waals surface area contributed by atoms with E-state index in [2.05, 4.69) is 31.2 Å². The molecule has 1 spiro atoms. The summed E-state index contributed by atoms with van der Waals surface area (Å²) in [4.78, 5) is 1.64. The Hall–Kier alpha value is -0.900. The van der Waals surface area contributed by atoms with Crippen LogP contribution in [-0.2, 0) is 16.0 Å². The first kappa shape index (κ1) is 12.2. The molecule has 3 rings (SSSR count). The molecule has 18 heavy (non-hydrogen) atoms. The van der Waals surface area contributed by atoms with Gasteiger partial charge in [-0.3, -0.25) is 0 Å². The normalized spacial score (nSPS) is 23.6. The van der Waals surface area contributed by atoms with Gasteiger partial charge in [0.05, 0.1) is 39.1 Å². The summed E-state index contributed by atoms with van der Waals surface area (Å²) in [6.07, 6.45) is 2.07. The Kier molecular flexibility index (Phi) is 3.37. The van der Waals surface area contributed by atoms with Gasteiger partial charge in [-0.15, -0.1) is 0 Å². The average molecular weight is 248 g/mol. The molecule has 0 radical (unpaired) electrons. The Morgan fingerprint density at radius 2 is 1.67 bits per heavy atom. The van der Waals surface area contributed by atoms with Crippen molar-refractivity contribution in [3.8, 4) is 0 Å². The van der Waals surface area contributed by atoms with Gasteiger partial charge in [0.2, 0.25) is 0 Å². The van der Waals surface area contributed by atoms with Crippen molar-refractivity contribution in [1.29, 1.82) is 0 Å². The Labute approximate surface area is 109 Å². The van der Waals surface area contributed by atoms with Crippen molar-refractivity contribution in [2.24, 2.45) is 0 Å². The minimum atomic E-state index is -0.225. The number of ether oxygens (including phenoxy) is 2. The second-order valence-electron chi connectivity index (χ2n) is 5.52. The molecule has 2 fully saturated rings. The van der Waals surface area contributed by atoms with Crippen LogP contribution in [0.1, 0.15) is 24.0 Å². The second-order valence-corrected chi connectivity index (χ2v) is 5.52. The Bertz CT molecular complexity index is 385. The van der Waals surface area contributed by atoms with E-state index in [-0.39, 0.29) is 5.79 Å². The van der Waals surface area contributed by atoms with E-state index in [1.807, 2.05) is 0 Å². The first-order chi connectivity index (χ1) is 8.76. The number of likely N-dealkylation sites (tertiary alicyclic amines) is 1. The molecule has 1 N–H and O–H groups in total. The van der Waals surface area contributed by atoms with E-state index in [1.165, 1.54) is 11.1 Å². The molecule has 0 amide bonds. The van der Waals surface area contributed by atoms with Gasteiger partial charge in [0.25, 0.3) is 0 Å². The van der Waals surface area contributed by atoms with E-state index >= 15 is 0 Å². The summed E-state index contributed by atoms with van der Waals surface area (Å²) < 4.78 is 11.5. The Morgan fingerprint density at radius 1 is 1.06 bits per heavy atom. The molecule has 0 aliphatic carbocycles. The average Bonchev–Trinajstić information content (AvgIpc) is 2.84. The molecule has 0 aromatic heterocycles. The number of nitrogens with one attached hydrogen (secondary N) is 1. The molecule has 3 heteroatoms. The lowest BCUT2D eigenvalue weighted by Gasteiger charge is -2.35. The van der Waals surface area contributed by atoms with Gasteiger partial charge in [-0.2, -0.15) is 0 Å². The van der Waals surface area contributed by atoms with E-state index in [9.17, 15) is 0 Å². The SMILES string of the molecule is Cc1ccc(C[NH+]2CCC3(CC2)OCCO3)cc1. The molecule has 98 valence electrons. The van der Waals surface area contributed by atoms with E-state index in [4.69, 9.17) is 9.47 Å². The minimum Gasteiger partial charge on any atom is -0.347 e. The standard InChI is InChI=1S/C15H21NO2/c1-13-2-4-14(5-3-13)12-16-8-6-15(7-9-16)17-10-11-18-15/h2-5H,6-12H2,1H3/p+1. The van der Waals surface area contributed by atoms with Crippen molar-refractivity contribution < 1.29 is 14.4 Å². The summed E-state index contributed by atoms with van der Waals surface area (Å²) >= 11 is 0. The van der Waals surface area contributed by atoms with Gasteiger partial charge >= 0.3 is 0 Å². The first-order valence-corrected chi connectivity index (χ1v) is 6.93. The van der Waals surface area contributed by atoms with Gasteiger partial charge in [0.1, 0.15) is 6.54 Å². The van der Waals surface area contributed by atoms with Crippen LogP contribution in [0.15, 0.2) is 24.3 Å². The van der Waals surface area contributed by atoms with E-state index < -0.39 is 0 Å². The zero-order chi connectivity index (χ0) is 12.4. The number of quaternary nitrogens is 1. The van der Waals surface area contributed by atoms with Crippen LogP contribution < -0.4 is 4.90 Å². The third-order valence-corrected chi connectivity index (χ3v) is 4.11. The monoisotopic (exact) mass is 248 g/mol. The van der Waals surface area contributed by atoms with Crippen molar-refractivity contribution in [2.45, 2.75) is 32.1 Å². The maximum absolute atomic E-state index is 5.76. The minimum absolute atomic E-state index is 0.225. The fourth-order valence-corrected chi connectivity index (χ4v) is 2.94. The van der Waals surface area contributed by atoms with Crippen LogP contribution in [0.3, 0.4) is 0 Å². The van der Waals surface area contributed by atoms with Gasteiger partial charge in [0.15, 0.2) is 5.79 Å². The maximum atomic E-state index is 5.76. The molecule has 1 aromatic rings. The molecule has 2 saturated heterocycles. The number of benzene rings is 1. The van der Waals surface area contributed by atoms with Crippen molar-refractivity contribution in [2.75, 3.05) is 26.3 Å². The molecule has 2 heterocycles. The smallest absolute Gasteiger partial charge is 0.179 e. The van der Waals surface area contributed by atoms with Gasteiger partial charge in [0, 0.05) is 5.56 Å². The quantitative estimate of drug-likeness (QED) is 0.841. The number of hydrogen-bond donors (Lipinski definition) is 1. The van der Waals surface area contributed by atoms with Gasteiger partial charge in [-0.1, -0.05) is 29.8 Å². The lowest BCUT2D eigenvalue weighted by molar-refractivity contribution is -0.922. The third-order valence-electron chi connectivity index (χ3n) is 4.11. The fourth-order valence-electron chi connectivity index (χ4n) is 2.94. The zero-order valence-corrected chi connectivity index (χ0v) is 11.1. The Balaban J connectivity index is 1.55. The van der Waals surface area contributed by atoms with Crippen LogP contribution >= 0.6 is 0 Å². The lowest BCUT2D eigenvalue weighted by atomic mass is 10.0. The highest BCUT2D eigenvalue weighted by molar-refractivity contribution is 5.20. The molecule has 1 aromatic carbocycles. The highest BCUT2D eigenvalue weighted by atomic mass is 16.7. The summed E-state index contributed by atoms with van der Waals surface area (Å²) in [5.41, 5.74) is 2.76. The van der Waals surface area contributed by atoms with Crippen LogP contribution in [0.4, 0.5) is 0 Å². The van der Waals surface area contributed by atoms with Crippen molar-refractivity contribution >= 4 is 0 Å². The number of aryl methyl sites for hydroxylation is 1. The van der Waals surface area contributed by atoms with E-state index in [0.717, 1.165) is 45.7 Å². The van der Waals surface area contributed by atoms with Crippen LogP contribution in [-0.4, -0.2) is 32.1 Å². The summed E-state index contributed by atoms with van der Waals surface area (Å²) in [5.74, 6) is -0.225. The molecule has 3 nitrogen and oxygen atoms in total. The van der Waals surface area contributed by atoms with E-state index in [0.29, 0.717) is 0 Å². The number of hydrogen-bond acceptors (Lipinski definition) is 2. The molecule has 2 aliphatic heterocycles. The molecule has 0 unspecified atom stereocenters. The summed E-state index contributed by atoms with van der Waals surface area (Å²) in [5, 5.41) is 0. The Morgan fingerprint density at radius 3 is 2.28 bits per heavy atom. The van der Waals surface area contributed by atoms with Crippen LogP contribution in [0, 0.1) is 6.92 Å². The van der Waals surface area contributed by atoms with Crippen molar-refractivity contribution in [3.63, 3.8) is 0 Å². The predicted octanol–water partition coefficient (Wildman–Crippen LogP) is 0.917. The largest absolute Gasteiger partial charge is 0.347 e. The highest BCUT2D eigenvalue weighted by Crippen LogP contribution is 2.27. The maximum Gasteiger partial charge on any atom is 0.179 e. The molecule has 0 bridgehead atoms. The number of piperidine rings is 1. The second kappa shape index (κ2) is 5.00. The fraction of sp³-hybridized carbons (Fsp3) is 0.600. The van der Waals surface area contributed by atoms with Gasteiger partial charge in [-0.25, -0.2) is 0 Å². The first-order valence-electron chi connectivity index (χ1n) is 6.93. The molecule has 0 atom stereocenters. The summed E-state index contributed by atoms with van der Waals surface area (Å²) in [7, 11) is 0. The molecule has 2 aliphatic rings. The third kappa shape index (κ3) is 2.58. The van der Waals surface area contributed by atoms with Crippen LogP contribution in [0.25, 0.3) is 0 Å². The van der Waals surface area contributed by atoms with Crippen LogP contribution in [0.5, 0.6) is 0 Å².